The van der Waals surface area contributed by atoms with Crippen molar-refractivity contribution in [3.8, 4) is 11.5 Å². The maximum atomic E-state index is 6.02. The van der Waals surface area contributed by atoms with Gasteiger partial charge in [-0.05, 0) is 44.2 Å². The van der Waals surface area contributed by atoms with Crippen LogP contribution in [0, 0.1) is 13.8 Å². The maximum absolute atomic E-state index is 6.02. The number of aryl methyl sites for hydroxylation is 2. The average Bonchev–Trinajstić information content (AvgIpc) is 2.88. The highest BCUT2D eigenvalue weighted by atomic mass is 16.5. The molecular formula is C15H20N4O. The zero-order valence-electron chi connectivity index (χ0n) is 12.0. The van der Waals surface area contributed by atoms with Crippen molar-refractivity contribution in [1.29, 1.82) is 0 Å². The monoisotopic (exact) mass is 272 g/mol. The SMILES string of the molecule is Cc1cnc(-c2noc(C3CCCC(N)C3)n2)c(C)c1. The lowest BCUT2D eigenvalue weighted by Gasteiger charge is -2.23. The van der Waals surface area contributed by atoms with Gasteiger partial charge in [-0.3, -0.25) is 4.98 Å². The molecule has 1 aliphatic carbocycles. The Morgan fingerprint density at radius 1 is 1.30 bits per heavy atom. The number of hydrogen-bond donors (Lipinski definition) is 1. The van der Waals surface area contributed by atoms with Gasteiger partial charge in [-0.1, -0.05) is 17.6 Å². The summed E-state index contributed by atoms with van der Waals surface area (Å²) in [5, 5.41) is 4.09. The molecule has 0 radical (unpaired) electrons. The van der Waals surface area contributed by atoms with Gasteiger partial charge in [0.15, 0.2) is 0 Å². The van der Waals surface area contributed by atoms with Crippen molar-refractivity contribution in [3.05, 3.63) is 29.3 Å². The summed E-state index contributed by atoms with van der Waals surface area (Å²) in [5.74, 6) is 1.58. The van der Waals surface area contributed by atoms with Gasteiger partial charge in [0.05, 0.1) is 0 Å². The normalized spacial score (nSPS) is 22.9. The Morgan fingerprint density at radius 2 is 2.15 bits per heavy atom. The van der Waals surface area contributed by atoms with Crippen LogP contribution < -0.4 is 5.73 Å². The van der Waals surface area contributed by atoms with Gasteiger partial charge >= 0.3 is 0 Å². The summed E-state index contributed by atoms with van der Waals surface area (Å²) < 4.78 is 5.44. The van der Waals surface area contributed by atoms with E-state index < -0.39 is 0 Å². The van der Waals surface area contributed by atoms with Crippen LogP contribution in [0.15, 0.2) is 16.8 Å². The summed E-state index contributed by atoms with van der Waals surface area (Å²) in [6.07, 6.45) is 6.06. The maximum Gasteiger partial charge on any atom is 0.230 e. The van der Waals surface area contributed by atoms with Crippen LogP contribution in [0.4, 0.5) is 0 Å². The van der Waals surface area contributed by atoms with Crippen molar-refractivity contribution in [2.75, 3.05) is 0 Å². The molecule has 0 aromatic carbocycles. The van der Waals surface area contributed by atoms with E-state index in [2.05, 4.69) is 21.2 Å². The van der Waals surface area contributed by atoms with E-state index in [0.29, 0.717) is 17.6 Å². The summed E-state index contributed by atoms with van der Waals surface area (Å²) in [6.45, 7) is 4.04. The van der Waals surface area contributed by atoms with Crippen molar-refractivity contribution in [3.63, 3.8) is 0 Å². The predicted octanol–water partition coefficient (Wildman–Crippen LogP) is 2.73. The molecule has 5 heteroatoms. The largest absolute Gasteiger partial charge is 0.339 e. The molecule has 0 bridgehead atoms. The third-order valence-electron chi connectivity index (χ3n) is 3.93. The van der Waals surface area contributed by atoms with Gasteiger partial charge < -0.3 is 10.3 Å². The fraction of sp³-hybridized carbons (Fsp3) is 0.533. The molecule has 0 saturated heterocycles. The van der Waals surface area contributed by atoms with E-state index in [9.17, 15) is 0 Å². The summed E-state index contributed by atoms with van der Waals surface area (Å²) in [5.41, 5.74) is 9.02. The van der Waals surface area contributed by atoms with Gasteiger partial charge in [-0.15, -0.1) is 0 Å². The molecule has 2 heterocycles. The smallest absolute Gasteiger partial charge is 0.230 e. The molecule has 2 N–H and O–H groups in total. The lowest BCUT2D eigenvalue weighted by atomic mass is 9.86. The fourth-order valence-corrected chi connectivity index (χ4v) is 2.90. The molecule has 2 atom stereocenters. The third kappa shape index (κ3) is 2.58. The molecule has 2 aromatic rings. The molecule has 1 aliphatic rings. The molecule has 0 aliphatic heterocycles. The quantitative estimate of drug-likeness (QED) is 0.909. The van der Waals surface area contributed by atoms with E-state index in [4.69, 9.17) is 10.3 Å². The van der Waals surface area contributed by atoms with Gasteiger partial charge in [0.25, 0.3) is 0 Å². The van der Waals surface area contributed by atoms with Crippen LogP contribution in [-0.2, 0) is 0 Å². The minimum absolute atomic E-state index is 0.253. The number of nitrogens with two attached hydrogens (primary N) is 1. The number of pyridine rings is 1. The highest BCUT2D eigenvalue weighted by Gasteiger charge is 2.26. The molecule has 1 fully saturated rings. The van der Waals surface area contributed by atoms with Crippen LogP contribution in [0.25, 0.3) is 11.5 Å². The summed E-state index contributed by atoms with van der Waals surface area (Å²) in [4.78, 5) is 8.95. The minimum Gasteiger partial charge on any atom is -0.339 e. The Balaban J connectivity index is 1.86. The number of nitrogens with zero attached hydrogens (tertiary/aromatic N) is 3. The highest BCUT2D eigenvalue weighted by Crippen LogP contribution is 2.32. The highest BCUT2D eigenvalue weighted by molar-refractivity contribution is 5.54. The lowest BCUT2D eigenvalue weighted by Crippen LogP contribution is -2.26. The summed E-state index contributed by atoms with van der Waals surface area (Å²) in [7, 11) is 0. The molecule has 5 nitrogen and oxygen atoms in total. The molecule has 20 heavy (non-hydrogen) atoms. The van der Waals surface area contributed by atoms with E-state index in [0.717, 1.165) is 42.5 Å². The molecule has 2 aromatic heterocycles. The van der Waals surface area contributed by atoms with Crippen LogP contribution in [0.3, 0.4) is 0 Å². The van der Waals surface area contributed by atoms with E-state index in [1.165, 1.54) is 0 Å². The van der Waals surface area contributed by atoms with Crippen LogP contribution in [0.2, 0.25) is 0 Å². The molecule has 0 spiro atoms. The van der Waals surface area contributed by atoms with Crippen molar-refractivity contribution in [1.82, 2.24) is 15.1 Å². The molecule has 0 amide bonds. The molecular weight excluding hydrogens is 252 g/mol. The number of rotatable bonds is 2. The Labute approximate surface area is 118 Å². The topological polar surface area (TPSA) is 77.8 Å². The zero-order chi connectivity index (χ0) is 14.1. The van der Waals surface area contributed by atoms with Crippen molar-refractivity contribution >= 4 is 0 Å². The van der Waals surface area contributed by atoms with Gasteiger partial charge in [-0.25, -0.2) is 0 Å². The fourth-order valence-electron chi connectivity index (χ4n) is 2.90. The second-order valence-corrected chi connectivity index (χ2v) is 5.76. The number of hydrogen-bond acceptors (Lipinski definition) is 5. The predicted molar refractivity (Wildman–Crippen MR) is 76.2 cm³/mol. The van der Waals surface area contributed by atoms with Crippen molar-refractivity contribution < 1.29 is 4.52 Å². The molecule has 3 rings (SSSR count). The Bertz CT molecular complexity index is 608. The second-order valence-electron chi connectivity index (χ2n) is 5.76. The first-order valence-corrected chi connectivity index (χ1v) is 7.16. The first kappa shape index (κ1) is 13.2. The van der Waals surface area contributed by atoms with E-state index in [1.807, 2.05) is 20.0 Å². The first-order valence-electron chi connectivity index (χ1n) is 7.16. The van der Waals surface area contributed by atoms with Gasteiger partial charge in [-0.2, -0.15) is 4.98 Å². The first-order chi connectivity index (χ1) is 9.63. The Hall–Kier alpha value is -1.75. The van der Waals surface area contributed by atoms with Gasteiger partial charge in [0.1, 0.15) is 5.69 Å². The Morgan fingerprint density at radius 3 is 2.90 bits per heavy atom. The second kappa shape index (κ2) is 5.32. The lowest BCUT2D eigenvalue weighted by molar-refractivity contribution is 0.299. The van der Waals surface area contributed by atoms with E-state index in [-0.39, 0.29) is 6.04 Å². The number of aromatic nitrogens is 3. The molecule has 2 unspecified atom stereocenters. The van der Waals surface area contributed by atoms with Crippen LogP contribution in [0.1, 0.15) is 48.6 Å². The average molecular weight is 272 g/mol. The minimum atomic E-state index is 0.253. The summed E-state index contributed by atoms with van der Waals surface area (Å²) >= 11 is 0. The van der Waals surface area contributed by atoms with Crippen LogP contribution in [-0.4, -0.2) is 21.2 Å². The Kier molecular flexibility index (Phi) is 3.53. The van der Waals surface area contributed by atoms with Crippen molar-refractivity contribution in [2.45, 2.75) is 51.5 Å². The van der Waals surface area contributed by atoms with E-state index in [1.54, 1.807) is 0 Å². The zero-order valence-corrected chi connectivity index (χ0v) is 12.0. The van der Waals surface area contributed by atoms with Crippen LogP contribution in [0.5, 0.6) is 0 Å². The molecule has 106 valence electrons. The standard InChI is InChI=1S/C15H20N4O/c1-9-6-10(2)13(17-8-9)14-18-15(20-19-14)11-4-3-5-12(16)7-11/h6,8,11-12H,3-5,7,16H2,1-2H3. The summed E-state index contributed by atoms with van der Waals surface area (Å²) in [6, 6.07) is 2.33. The van der Waals surface area contributed by atoms with Gasteiger partial charge in [0.2, 0.25) is 11.7 Å². The van der Waals surface area contributed by atoms with E-state index >= 15 is 0 Å². The van der Waals surface area contributed by atoms with Crippen LogP contribution >= 0.6 is 0 Å². The third-order valence-corrected chi connectivity index (χ3v) is 3.93. The van der Waals surface area contributed by atoms with Crippen molar-refractivity contribution in [2.24, 2.45) is 5.73 Å². The molecule has 1 saturated carbocycles. The van der Waals surface area contributed by atoms with Gasteiger partial charge in [0, 0.05) is 18.2 Å².